The number of aryl methyl sites for hydroxylation is 1. The molecular weight excluding hydrogens is 400 g/mol. The van der Waals surface area contributed by atoms with Crippen LogP contribution in [0.15, 0.2) is 42.5 Å². The molecule has 2 amide bonds. The highest BCUT2D eigenvalue weighted by Crippen LogP contribution is 2.30. The van der Waals surface area contributed by atoms with E-state index in [2.05, 4.69) is 5.32 Å². The molecule has 1 atom stereocenters. The van der Waals surface area contributed by atoms with E-state index in [-0.39, 0.29) is 11.8 Å². The molecule has 0 bridgehead atoms. The van der Waals surface area contributed by atoms with E-state index in [1.54, 1.807) is 37.3 Å². The fraction of sp³-hybridized carbons (Fsp3) is 0.348. The number of fused-ring (bicyclic) bond motifs is 1. The molecule has 0 spiro atoms. The number of thioether (sulfide) groups is 1. The summed E-state index contributed by atoms with van der Waals surface area (Å²) in [6.45, 7) is 4.99. The maximum atomic E-state index is 13.0. The number of nitrogens with one attached hydrogen (secondary N) is 1. The predicted octanol–water partition coefficient (Wildman–Crippen LogP) is 3.29. The first-order chi connectivity index (χ1) is 14.4. The van der Waals surface area contributed by atoms with Crippen LogP contribution in [0.25, 0.3) is 0 Å². The van der Waals surface area contributed by atoms with Crippen molar-refractivity contribution in [2.75, 3.05) is 29.9 Å². The number of carbonyl (C=O) groups excluding carboxylic acids is 3. The minimum absolute atomic E-state index is 0.0149. The molecule has 2 aliphatic rings. The molecule has 0 saturated carbocycles. The number of anilines is 1. The Morgan fingerprint density at radius 1 is 1.13 bits per heavy atom. The Morgan fingerprint density at radius 3 is 2.60 bits per heavy atom. The lowest BCUT2D eigenvalue weighted by Gasteiger charge is -2.33. The summed E-state index contributed by atoms with van der Waals surface area (Å²) < 4.78 is 5.50. The zero-order valence-corrected chi connectivity index (χ0v) is 17.9. The van der Waals surface area contributed by atoms with E-state index in [1.165, 1.54) is 0 Å². The van der Waals surface area contributed by atoms with Gasteiger partial charge < -0.3 is 15.0 Å². The molecule has 2 aromatic carbocycles. The number of nitrogens with zero attached hydrogens (tertiary/aromatic N) is 1. The molecule has 6 nitrogen and oxygen atoms in total. The summed E-state index contributed by atoms with van der Waals surface area (Å²) >= 11 is 1.86. The zero-order chi connectivity index (χ0) is 21.3. The van der Waals surface area contributed by atoms with Gasteiger partial charge in [-0.05, 0) is 49.2 Å². The van der Waals surface area contributed by atoms with E-state index < -0.39 is 11.6 Å². The van der Waals surface area contributed by atoms with Crippen LogP contribution in [-0.4, -0.2) is 52.9 Å². The van der Waals surface area contributed by atoms with Crippen molar-refractivity contribution in [3.8, 4) is 0 Å². The molecule has 2 heterocycles. The second kappa shape index (κ2) is 8.14. The maximum absolute atomic E-state index is 13.0. The number of ether oxygens (including phenoxy) is 1. The first-order valence-electron chi connectivity index (χ1n) is 9.98. The summed E-state index contributed by atoms with van der Waals surface area (Å²) in [6, 6.07) is 12.4. The van der Waals surface area contributed by atoms with Gasteiger partial charge in [-0.2, -0.15) is 11.8 Å². The van der Waals surface area contributed by atoms with Crippen LogP contribution in [0.1, 0.15) is 38.8 Å². The Balaban J connectivity index is 1.49. The number of cyclic esters (lactones) is 1. The third kappa shape index (κ3) is 3.94. The standard InChI is InChI=1S/C23H24N2O4S/c1-15-13-16(20(26)25-9-11-30-12-10-25)7-8-19(15)24-22(28)23(2)14-17-5-3-4-6-18(17)21(27)29-23/h3-8,13H,9-12,14H2,1-2H3,(H,24,28). The summed E-state index contributed by atoms with van der Waals surface area (Å²) in [6.07, 6.45) is 0.309. The van der Waals surface area contributed by atoms with Gasteiger partial charge in [0.2, 0.25) is 0 Å². The molecule has 0 aromatic heterocycles. The van der Waals surface area contributed by atoms with E-state index >= 15 is 0 Å². The normalized spacial score (nSPS) is 20.9. The van der Waals surface area contributed by atoms with Gasteiger partial charge in [-0.15, -0.1) is 0 Å². The average Bonchev–Trinajstić information content (AvgIpc) is 2.75. The molecule has 0 aliphatic carbocycles. The first kappa shape index (κ1) is 20.5. The van der Waals surface area contributed by atoms with Crippen molar-refractivity contribution in [2.24, 2.45) is 0 Å². The van der Waals surface area contributed by atoms with Gasteiger partial charge in [0, 0.05) is 42.3 Å². The van der Waals surface area contributed by atoms with Crippen LogP contribution in [0.3, 0.4) is 0 Å². The largest absolute Gasteiger partial charge is 0.445 e. The average molecular weight is 425 g/mol. The first-order valence-corrected chi connectivity index (χ1v) is 11.1. The van der Waals surface area contributed by atoms with Gasteiger partial charge in [-0.25, -0.2) is 4.79 Å². The van der Waals surface area contributed by atoms with Crippen molar-refractivity contribution in [3.63, 3.8) is 0 Å². The Labute approximate surface area is 180 Å². The van der Waals surface area contributed by atoms with Gasteiger partial charge in [0.15, 0.2) is 5.60 Å². The van der Waals surface area contributed by atoms with Gasteiger partial charge in [-0.1, -0.05) is 18.2 Å². The monoisotopic (exact) mass is 424 g/mol. The lowest BCUT2D eigenvalue weighted by Crippen LogP contribution is -2.49. The fourth-order valence-corrected chi connectivity index (χ4v) is 4.70. The molecule has 1 fully saturated rings. The zero-order valence-electron chi connectivity index (χ0n) is 17.1. The number of hydrogen-bond acceptors (Lipinski definition) is 5. The highest BCUT2D eigenvalue weighted by molar-refractivity contribution is 7.99. The Kier molecular flexibility index (Phi) is 5.56. The third-order valence-electron chi connectivity index (χ3n) is 5.58. The molecule has 0 radical (unpaired) electrons. The van der Waals surface area contributed by atoms with Crippen molar-refractivity contribution in [3.05, 3.63) is 64.7 Å². The quantitative estimate of drug-likeness (QED) is 0.766. The van der Waals surface area contributed by atoms with E-state index in [1.807, 2.05) is 35.7 Å². The van der Waals surface area contributed by atoms with Crippen molar-refractivity contribution in [1.82, 2.24) is 4.90 Å². The van der Waals surface area contributed by atoms with E-state index in [9.17, 15) is 14.4 Å². The van der Waals surface area contributed by atoms with Crippen LogP contribution in [-0.2, 0) is 16.0 Å². The SMILES string of the molecule is Cc1cc(C(=O)N2CCSCC2)ccc1NC(=O)C1(C)Cc2ccccc2C(=O)O1. The molecule has 7 heteroatoms. The van der Waals surface area contributed by atoms with E-state index in [4.69, 9.17) is 4.74 Å². The van der Waals surface area contributed by atoms with Gasteiger partial charge in [0.05, 0.1) is 5.56 Å². The molecular formula is C23H24N2O4S. The van der Waals surface area contributed by atoms with Crippen molar-refractivity contribution < 1.29 is 19.1 Å². The summed E-state index contributed by atoms with van der Waals surface area (Å²) in [4.78, 5) is 39.9. The van der Waals surface area contributed by atoms with Crippen LogP contribution >= 0.6 is 11.8 Å². The summed E-state index contributed by atoms with van der Waals surface area (Å²) in [7, 11) is 0. The highest BCUT2D eigenvalue weighted by atomic mass is 32.2. The van der Waals surface area contributed by atoms with Crippen molar-refractivity contribution in [1.29, 1.82) is 0 Å². The minimum Gasteiger partial charge on any atom is -0.445 e. The lowest BCUT2D eigenvalue weighted by atomic mass is 9.89. The Morgan fingerprint density at radius 2 is 1.87 bits per heavy atom. The fourth-order valence-electron chi connectivity index (χ4n) is 3.80. The molecule has 30 heavy (non-hydrogen) atoms. The third-order valence-corrected chi connectivity index (χ3v) is 6.53. The van der Waals surface area contributed by atoms with Crippen LogP contribution in [0, 0.1) is 6.92 Å². The van der Waals surface area contributed by atoms with Crippen LogP contribution < -0.4 is 5.32 Å². The van der Waals surface area contributed by atoms with E-state index in [0.29, 0.717) is 23.2 Å². The number of rotatable bonds is 3. The van der Waals surface area contributed by atoms with Gasteiger partial charge in [-0.3, -0.25) is 9.59 Å². The molecule has 156 valence electrons. The van der Waals surface area contributed by atoms with Crippen LogP contribution in [0.2, 0.25) is 0 Å². The van der Waals surface area contributed by atoms with Crippen LogP contribution in [0.4, 0.5) is 5.69 Å². The number of esters is 1. The smallest absolute Gasteiger partial charge is 0.339 e. The molecule has 1 N–H and O–H groups in total. The Bertz CT molecular complexity index is 1020. The highest BCUT2D eigenvalue weighted by Gasteiger charge is 2.42. The topological polar surface area (TPSA) is 75.7 Å². The number of carbonyl (C=O) groups is 3. The molecule has 2 aliphatic heterocycles. The molecule has 1 unspecified atom stereocenters. The summed E-state index contributed by atoms with van der Waals surface area (Å²) in [5, 5.41) is 2.87. The van der Waals surface area contributed by atoms with Gasteiger partial charge in [0.1, 0.15) is 0 Å². The predicted molar refractivity (Wildman–Crippen MR) is 117 cm³/mol. The van der Waals surface area contributed by atoms with Gasteiger partial charge in [0.25, 0.3) is 11.8 Å². The number of benzene rings is 2. The number of hydrogen-bond donors (Lipinski definition) is 1. The Hall–Kier alpha value is -2.80. The second-order valence-corrected chi connectivity index (χ2v) is 9.07. The van der Waals surface area contributed by atoms with Crippen molar-refractivity contribution in [2.45, 2.75) is 25.9 Å². The molecule has 2 aromatic rings. The number of amides is 2. The summed E-state index contributed by atoms with van der Waals surface area (Å²) in [5.74, 6) is 1.05. The molecule has 1 saturated heterocycles. The summed E-state index contributed by atoms with van der Waals surface area (Å²) in [5.41, 5.74) is 2.00. The molecule has 4 rings (SSSR count). The minimum atomic E-state index is -1.29. The van der Waals surface area contributed by atoms with Crippen LogP contribution in [0.5, 0.6) is 0 Å². The van der Waals surface area contributed by atoms with Crippen molar-refractivity contribution >= 4 is 35.2 Å². The van der Waals surface area contributed by atoms with Gasteiger partial charge >= 0.3 is 5.97 Å². The van der Waals surface area contributed by atoms with E-state index in [0.717, 1.165) is 35.7 Å². The lowest BCUT2D eigenvalue weighted by molar-refractivity contribution is -0.134. The second-order valence-electron chi connectivity index (χ2n) is 7.84. The maximum Gasteiger partial charge on any atom is 0.339 e.